The Bertz CT molecular complexity index is 463. The number of hydrogen-bond acceptors (Lipinski definition) is 3. The molecule has 1 heterocycles. The van der Waals surface area contributed by atoms with Crippen molar-refractivity contribution in [3.63, 3.8) is 0 Å². The first kappa shape index (κ1) is 14.8. The number of aliphatic hydroxyl groups is 1. The minimum Gasteiger partial charge on any atom is -0.387 e. The Hall–Kier alpha value is -0.580. The van der Waals surface area contributed by atoms with Gasteiger partial charge in [0.25, 0.3) is 0 Å². The van der Waals surface area contributed by atoms with Crippen molar-refractivity contribution in [2.24, 2.45) is 0 Å². The average Bonchev–Trinajstić information content (AvgIpc) is 2.39. The Morgan fingerprint density at radius 3 is 2.89 bits per heavy atom. The maximum absolute atomic E-state index is 10.1. The number of halogens is 2. The molecule has 2 rings (SSSR count). The molecule has 1 atom stereocenters. The molecule has 0 aromatic heterocycles. The van der Waals surface area contributed by atoms with E-state index in [1.165, 1.54) is 5.57 Å². The fourth-order valence-electron chi connectivity index (χ4n) is 1.98. The van der Waals surface area contributed by atoms with E-state index in [1.54, 1.807) is 18.2 Å². The van der Waals surface area contributed by atoms with E-state index in [0.717, 1.165) is 19.6 Å². The zero-order valence-electron chi connectivity index (χ0n) is 10.5. The standard InChI is InChI=1S/C14H17Cl2NO2/c15-11-3-4-12(13(16)6-11)14(18)8-17-7-10-2-1-5-19-9-10/h2-4,6,14,17-18H,1,5,7-9H2. The summed E-state index contributed by atoms with van der Waals surface area (Å²) in [6.45, 7) is 2.64. The van der Waals surface area contributed by atoms with Gasteiger partial charge >= 0.3 is 0 Å². The molecule has 0 fully saturated rings. The highest BCUT2D eigenvalue weighted by Crippen LogP contribution is 2.25. The van der Waals surface area contributed by atoms with E-state index in [2.05, 4.69) is 11.4 Å². The zero-order chi connectivity index (χ0) is 13.7. The van der Waals surface area contributed by atoms with E-state index in [9.17, 15) is 5.11 Å². The van der Waals surface area contributed by atoms with Gasteiger partial charge in [-0.2, -0.15) is 0 Å². The van der Waals surface area contributed by atoms with Crippen LogP contribution in [0.25, 0.3) is 0 Å². The summed E-state index contributed by atoms with van der Waals surface area (Å²) in [5.41, 5.74) is 1.91. The van der Waals surface area contributed by atoms with Crippen LogP contribution in [0.5, 0.6) is 0 Å². The van der Waals surface area contributed by atoms with Gasteiger partial charge in [-0.15, -0.1) is 0 Å². The third-order valence-electron chi connectivity index (χ3n) is 2.99. The first-order chi connectivity index (χ1) is 9.16. The van der Waals surface area contributed by atoms with Gasteiger partial charge in [-0.1, -0.05) is 35.3 Å². The molecule has 0 amide bonds. The van der Waals surface area contributed by atoms with E-state index >= 15 is 0 Å². The fourth-order valence-corrected chi connectivity index (χ4v) is 2.52. The molecule has 1 unspecified atom stereocenters. The lowest BCUT2D eigenvalue weighted by Gasteiger charge is -2.17. The number of hydrogen-bond donors (Lipinski definition) is 2. The Morgan fingerprint density at radius 2 is 2.21 bits per heavy atom. The average molecular weight is 302 g/mol. The second-order valence-electron chi connectivity index (χ2n) is 4.52. The largest absolute Gasteiger partial charge is 0.387 e. The molecule has 1 aliphatic rings. The van der Waals surface area contributed by atoms with Gasteiger partial charge < -0.3 is 15.2 Å². The minimum absolute atomic E-state index is 0.443. The summed E-state index contributed by atoms with van der Waals surface area (Å²) in [7, 11) is 0. The molecule has 1 aromatic carbocycles. The lowest BCUT2D eigenvalue weighted by atomic mass is 10.1. The Labute approximate surface area is 123 Å². The summed E-state index contributed by atoms with van der Waals surface area (Å²) >= 11 is 11.9. The van der Waals surface area contributed by atoms with Crippen molar-refractivity contribution in [2.75, 3.05) is 26.3 Å². The number of rotatable bonds is 5. The molecular weight excluding hydrogens is 285 g/mol. The first-order valence-corrected chi connectivity index (χ1v) is 7.02. The molecule has 104 valence electrons. The third kappa shape index (κ3) is 4.48. The van der Waals surface area contributed by atoms with E-state index in [4.69, 9.17) is 27.9 Å². The monoisotopic (exact) mass is 301 g/mol. The second-order valence-corrected chi connectivity index (χ2v) is 5.36. The van der Waals surface area contributed by atoms with E-state index in [0.29, 0.717) is 28.8 Å². The van der Waals surface area contributed by atoms with Gasteiger partial charge in [-0.25, -0.2) is 0 Å². The van der Waals surface area contributed by atoms with Crippen molar-refractivity contribution in [2.45, 2.75) is 12.5 Å². The molecule has 5 heteroatoms. The molecule has 0 radical (unpaired) electrons. The molecule has 2 N–H and O–H groups in total. The van der Waals surface area contributed by atoms with Gasteiger partial charge in [-0.3, -0.25) is 0 Å². The molecule has 1 aromatic rings. The second kappa shape index (κ2) is 7.27. The summed E-state index contributed by atoms with van der Waals surface area (Å²) < 4.78 is 5.35. The van der Waals surface area contributed by atoms with Crippen LogP contribution in [0.3, 0.4) is 0 Å². The lowest BCUT2D eigenvalue weighted by Crippen LogP contribution is -2.26. The van der Waals surface area contributed by atoms with Crippen molar-refractivity contribution < 1.29 is 9.84 Å². The van der Waals surface area contributed by atoms with Crippen molar-refractivity contribution >= 4 is 23.2 Å². The minimum atomic E-state index is -0.644. The SMILES string of the molecule is OC(CNCC1=CCCOC1)c1ccc(Cl)cc1Cl. The number of nitrogens with one attached hydrogen (secondary N) is 1. The summed E-state index contributed by atoms with van der Waals surface area (Å²) in [4.78, 5) is 0. The van der Waals surface area contributed by atoms with Crippen LogP contribution in [0, 0.1) is 0 Å². The van der Waals surface area contributed by atoms with Crippen LogP contribution in [0.2, 0.25) is 10.0 Å². The molecule has 0 saturated heterocycles. The van der Waals surface area contributed by atoms with E-state index in [-0.39, 0.29) is 0 Å². The quantitative estimate of drug-likeness (QED) is 0.822. The number of ether oxygens (including phenoxy) is 1. The maximum Gasteiger partial charge on any atom is 0.0928 e. The van der Waals surface area contributed by atoms with Crippen LogP contribution < -0.4 is 5.32 Å². The van der Waals surface area contributed by atoms with Gasteiger partial charge in [0.05, 0.1) is 19.3 Å². The van der Waals surface area contributed by atoms with E-state index < -0.39 is 6.10 Å². The summed E-state index contributed by atoms with van der Waals surface area (Å²) in [6.07, 6.45) is 2.50. The number of benzene rings is 1. The van der Waals surface area contributed by atoms with Crippen LogP contribution in [-0.4, -0.2) is 31.4 Å². The zero-order valence-corrected chi connectivity index (χ0v) is 12.0. The van der Waals surface area contributed by atoms with Gasteiger partial charge in [0.1, 0.15) is 0 Å². The summed E-state index contributed by atoms with van der Waals surface area (Å²) in [5, 5.41) is 14.3. The maximum atomic E-state index is 10.1. The molecular formula is C14H17Cl2NO2. The van der Waals surface area contributed by atoms with Gasteiger partial charge in [-0.05, 0) is 24.1 Å². The van der Waals surface area contributed by atoms with Crippen molar-refractivity contribution in [1.82, 2.24) is 5.32 Å². The van der Waals surface area contributed by atoms with Crippen LogP contribution in [-0.2, 0) is 4.74 Å². The fraction of sp³-hybridized carbons (Fsp3) is 0.429. The lowest BCUT2D eigenvalue weighted by molar-refractivity contribution is 0.146. The molecule has 0 spiro atoms. The Balaban J connectivity index is 1.83. The molecule has 1 aliphatic heterocycles. The van der Waals surface area contributed by atoms with Gasteiger partial charge in [0.15, 0.2) is 0 Å². The third-order valence-corrected chi connectivity index (χ3v) is 3.56. The van der Waals surface area contributed by atoms with Crippen molar-refractivity contribution in [1.29, 1.82) is 0 Å². The first-order valence-electron chi connectivity index (χ1n) is 6.26. The predicted octanol–water partition coefficient (Wildman–Crippen LogP) is 2.96. The summed E-state index contributed by atoms with van der Waals surface area (Å²) in [6, 6.07) is 5.11. The highest BCUT2D eigenvalue weighted by molar-refractivity contribution is 6.35. The van der Waals surface area contributed by atoms with E-state index in [1.807, 2.05) is 0 Å². The van der Waals surface area contributed by atoms with Crippen molar-refractivity contribution in [3.05, 3.63) is 45.5 Å². The molecule has 0 bridgehead atoms. The van der Waals surface area contributed by atoms with Crippen LogP contribution >= 0.6 is 23.2 Å². The summed E-state index contributed by atoms with van der Waals surface area (Å²) in [5.74, 6) is 0. The van der Waals surface area contributed by atoms with Crippen LogP contribution in [0.15, 0.2) is 29.8 Å². The normalized spacial score (nSPS) is 17.1. The van der Waals surface area contributed by atoms with Crippen molar-refractivity contribution in [3.8, 4) is 0 Å². The molecule has 19 heavy (non-hydrogen) atoms. The molecule has 0 aliphatic carbocycles. The molecule has 0 saturated carbocycles. The smallest absolute Gasteiger partial charge is 0.0928 e. The Morgan fingerprint density at radius 1 is 1.37 bits per heavy atom. The van der Waals surface area contributed by atoms with Crippen LogP contribution in [0.4, 0.5) is 0 Å². The predicted molar refractivity (Wildman–Crippen MR) is 77.8 cm³/mol. The number of aliphatic hydroxyl groups excluding tert-OH is 1. The molecule has 3 nitrogen and oxygen atoms in total. The van der Waals surface area contributed by atoms with Crippen LogP contribution in [0.1, 0.15) is 18.1 Å². The van der Waals surface area contributed by atoms with Gasteiger partial charge in [0, 0.05) is 28.7 Å². The highest BCUT2D eigenvalue weighted by atomic mass is 35.5. The highest BCUT2D eigenvalue weighted by Gasteiger charge is 2.12. The van der Waals surface area contributed by atoms with Gasteiger partial charge in [0.2, 0.25) is 0 Å². The Kier molecular flexibility index (Phi) is 5.67. The topological polar surface area (TPSA) is 41.5 Å².